The summed E-state index contributed by atoms with van der Waals surface area (Å²) >= 11 is 0. The van der Waals surface area contributed by atoms with Crippen LogP contribution in [-0.2, 0) is 0 Å². The van der Waals surface area contributed by atoms with Crippen molar-refractivity contribution in [2.45, 2.75) is 51.5 Å². The fourth-order valence-corrected chi connectivity index (χ4v) is 2.31. The number of allylic oxidation sites excluding steroid dienone is 1. The van der Waals surface area contributed by atoms with Crippen molar-refractivity contribution in [3.63, 3.8) is 0 Å². The molecule has 14 heavy (non-hydrogen) atoms. The SMILES string of the molecule is C=CCCCCCC(NC)C1CC1C. The molecule has 1 aliphatic carbocycles. The standard InChI is InChI=1S/C13H25N/c1-4-5-6-7-8-9-13(14-3)12-10-11(12)2/h4,11-14H,1,5-10H2,2-3H3. The molecule has 3 atom stereocenters. The summed E-state index contributed by atoms with van der Waals surface area (Å²) in [6.07, 6.45) is 10.1. The van der Waals surface area contributed by atoms with Crippen LogP contribution in [0.25, 0.3) is 0 Å². The van der Waals surface area contributed by atoms with Crippen LogP contribution in [0.15, 0.2) is 12.7 Å². The predicted octanol–water partition coefficient (Wildman–Crippen LogP) is 3.37. The average Bonchev–Trinajstić information content (AvgIpc) is 2.89. The molecule has 1 rings (SSSR count). The van der Waals surface area contributed by atoms with Crippen LogP contribution in [0.2, 0.25) is 0 Å². The van der Waals surface area contributed by atoms with Gasteiger partial charge in [0.1, 0.15) is 0 Å². The molecule has 82 valence electrons. The zero-order valence-corrected chi connectivity index (χ0v) is 9.76. The van der Waals surface area contributed by atoms with E-state index < -0.39 is 0 Å². The van der Waals surface area contributed by atoms with Crippen LogP contribution in [0.5, 0.6) is 0 Å². The summed E-state index contributed by atoms with van der Waals surface area (Å²) in [7, 11) is 2.11. The summed E-state index contributed by atoms with van der Waals surface area (Å²) in [5.74, 6) is 1.94. The monoisotopic (exact) mass is 195 g/mol. The molecule has 0 amide bonds. The van der Waals surface area contributed by atoms with E-state index in [0.717, 1.165) is 17.9 Å². The molecule has 0 bridgehead atoms. The molecule has 1 heteroatoms. The molecule has 0 saturated heterocycles. The van der Waals surface area contributed by atoms with E-state index >= 15 is 0 Å². The van der Waals surface area contributed by atoms with E-state index in [1.807, 2.05) is 6.08 Å². The van der Waals surface area contributed by atoms with Crippen molar-refractivity contribution in [1.82, 2.24) is 5.32 Å². The van der Waals surface area contributed by atoms with Crippen molar-refractivity contribution in [3.8, 4) is 0 Å². The first-order valence-electron chi connectivity index (χ1n) is 6.07. The second-order valence-corrected chi connectivity index (χ2v) is 4.70. The molecule has 0 heterocycles. The van der Waals surface area contributed by atoms with Gasteiger partial charge in [0.15, 0.2) is 0 Å². The third kappa shape index (κ3) is 3.83. The van der Waals surface area contributed by atoms with E-state index in [0.29, 0.717) is 0 Å². The van der Waals surface area contributed by atoms with Gasteiger partial charge < -0.3 is 5.32 Å². The lowest BCUT2D eigenvalue weighted by molar-refractivity contribution is 0.431. The van der Waals surface area contributed by atoms with Crippen LogP contribution in [-0.4, -0.2) is 13.1 Å². The van der Waals surface area contributed by atoms with Crippen LogP contribution >= 0.6 is 0 Å². The normalized spacial score (nSPS) is 27.3. The highest BCUT2D eigenvalue weighted by atomic mass is 14.9. The predicted molar refractivity (Wildman–Crippen MR) is 63.4 cm³/mol. The fourth-order valence-electron chi connectivity index (χ4n) is 2.31. The molecule has 0 aromatic heterocycles. The first kappa shape index (κ1) is 11.8. The van der Waals surface area contributed by atoms with Crippen LogP contribution in [0.1, 0.15) is 45.4 Å². The third-order valence-corrected chi connectivity index (χ3v) is 3.48. The minimum atomic E-state index is 0.786. The van der Waals surface area contributed by atoms with E-state index in [2.05, 4.69) is 25.9 Å². The molecule has 1 aliphatic rings. The topological polar surface area (TPSA) is 12.0 Å². The maximum atomic E-state index is 3.75. The van der Waals surface area contributed by atoms with Gasteiger partial charge in [0.25, 0.3) is 0 Å². The van der Waals surface area contributed by atoms with Gasteiger partial charge in [-0.2, -0.15) is 0 Å². The van der Waals surface area contributed by atoms with Crippen LogP contribution in [0, 0.1) is 11.8 Å². The summed E-state index contributed by atoms with van der Waals surface area (Å²) in [4.78, 5) is 0. The molecule has 0 radical (unpaired) electrons. The van der Waals surface area contributed by atoms with Crippen LogP contribution < -0.4 is 5.32 Å². The van der Waals surface area contributed by atoms with E-state index in [9.17, 15) is 0 Å². The van der Waals surface area contributed by atoms with Crippen molar-refractivity contribution >= 4 is 0 Å². The highest BCUT2D eigenvalue weighted by Gasteiger charge is 2.38. The average molecular weight is 195 g/mol. The maximum absolute atomic E-state index is 3.75. The van der Waals surface area contributed by atoms with Crippen molar-refractivity contribution in [3.05, 3.63) is 12.7 Å². The second-order valence-electron chi connectivity index (χ2n) is 4.70. The Morgan fingerprint density at radius 3 is 2.64 bits per heavy atom. The summed E-state index contributed by atoms with van der Waals surface area (Å²) in [5.41, 5.74) is 0. The first-order valence-corrected chi connectivity index (χ1v) is 6.07. The Kier molecular flexibility index (Phi) is 5.24. The first-order chi connectivity index (χ1) is 6.79. The zero-order chi connectivity index (χ0) is 10.4. The van der Waals surface area contributed by atoms with Crippen LogP contribution in [0.3, 0.4) is 0 Å². The molecule has 0 aromatic carbocycles. The fraction of sp³-hybridized carbons (Fsp3) is 0.846. The van der Waals surface area contributed by atoms with Crippen molar-refractivity contribution < 1.29 is 0 Å². The molecule has 1 fully saturated rings. The van der Waals surface area contributed by atoms with Gasteiger partial charge in [-0.25, -0.2) is 0 Å². The lowest BCUT2D eigenvalue weighted by atomic mass is 10.0. The van der Waals surface area contributed by atoms with Gasteiger partial charge in [0, 0.05) is 6.04 Å². The molecule has 1 nitrogen and oxygen atoms in total. The van der Waals surface area contributed by atoms with Gasteiger partial charge in [-0.1, -0.05) is 25.8 Å². The number of unbranched alkanes of at least 4 members (excludes halogenated alkanes) is 3. The molecule has 1 N–H and O–H groups in total. The summed E-state index contributed by atoms with van der Waals surface area (Å²) in [6, 6.07) is 0.786. The summed E-state index contributed by atoms with van der Waals surface area (Å²) in [5, 5.41) is 3.47. The van der Waals surface area contributed by atoms with Gasteiger partial charge in [-0.15, -0.1) is 6.58 Å². The Balaban J connectivity index is 2.00. The highest BCUT2D eigenvalue weighted by molar-refractivity contribution is 4.91. The minimum Gasteiger partial charge on any atom is -0.317 e. The van der Waals surface area contributed by atoms with Gasteiger partial charge in [0.2, 0.25) is 0 Å². The quantitative estimate of drug-likeness (QED) is 0.462. The van der Waals surface area contributed by atoms with Gasteiger partial charge >= 0.3 is 0 Å². The van der Waals surface area contributed by atoms with E-state index in [1.54, 1.807) is 0 Å². The smallest absolute Gasteiger partial charge is 0.00949 e. The Bertz CT molecular complexity index is 165. The molecule has 3 unspecified atom stereocenters. The van der Waals surface area contributed by atoms with E-state index in [1.165, 1.54) is 38.5 Å². The van der Waals surface area contributed by atoms with Gasteiger partial charge in [-0.05, 0) is 44.6 Å². The molecular formula is C13H25N. The molecule has 0 spiro atoms. The Morgan fingerprint density at radius 1 is 1.43 bits per heavy atom. The van der Waals surface area contributed by atoms with Crippen molar-refractivity contribution in [2.24, 2.45) is 11.8 Å². The largest absolute Gasteiger partial charge is 0.317 e. The number of hydrogen-bond donors (Lipinski definition) is 1. The zero-order valence-electron chi connectivity index (χ0n) is 9.76. The molecule has 1 saturated carbocycles. The molecular weight excluding hydrogens is 170 g/mol. The summed E-state index contributed by atoms with van der Waals surface area (Å²) < 4.78 is 0. The maximum Gasteiger partial charge on any atom is 0.00949 e. The lowest BCUT2D eigenvalue weighted by Gasteiger charge is -2.15. The van der Waals surface area contributed by atoms with Gasteiger partial charge in [-0.3, -0.25) is 0 Å². The van der Waals surface area contributed by atoms with Crippen molar-refractivity contribution in [1.29, 1.82) is 0 Å². The molecule has 0 aliphatic heterocycles. The Morgan fingerprint density at radius 2 is 2.14 bits per heavy atom. The third-order valence-electron chi connectivity index (χ3n) is 3.48. The number of rotatable bonds is 8. The second kappa shape index (κ2) is 6.23. The minimum absolute atomic E-state index is 0.786. The van der Waals surface area contributed by atoms with E-state index in [-0.39, 0.29) is 0 Å². The summed E-state index contributed by atoms with van der Waals surface area (Å²) in [6.45, 7) is 6.11. The van der Waals surface area contributed by atoms with E-state index in [4.69, 9.17) is 0 Å². The lowest BCUT2D eigenvalue weighted by Crippen LogP contribution is -2.27. The van der Waals surface area contributed by atoms with Gasteiger partial charge in [0.05, 0.1) is 0 Å². The molecule has 0 aromatic rings. The van der Waals surface area contributed by atoms with Crippen molar-refractivity contribution in [2.75, 3.05) is 7.05 Å². The number of nitrogens with one attached hydrogen (secondary N) is 1. The number of hydrogen-bond acceptors (Lipinski definition) is 1. The van der Waals surface area contributed by atoms with Crippen LogP contribution in [0.4, 0.5) is 0 Å². The Labute approximate surface area is 89.0 Å². The Hall–Kier alpha value is -0.300. The highest BCUT2D eigenvalue weighted by Crippen LogP contribution is 2.41.